The first-order valence-electron chi connectivity index (χ1n) is 9.23. The van der Waals surface area contributed by atoms with Gasteiger partial charge in [-0.15, -0.1) is 0 Å². The van der Waals surface area contributed by atoms with Crippen molar-refractivity contribution >= 4 is 33.3 Å². The van der Waals surface area contributed by atoms with Crippen LogP contribution in [0.5, 0.6) is 0 Å². The Morgan fingerprint density at radius 3 is 2.67 bits per heavy atom. The summed E-state index contributed by atoms with van der Waals surface area (Å²) < 4.78 is 42.6. The largest absolute Gasteiger partial charge is 0.395 e. The Balaban J connectivity index is 2.32. The van der Waals surface area contributed by atoms with Crippen molar-refractivity contribution < 1.29 is 26.9 Å². The number of rotatable bonds is 10. The molecule has 0 saturated heterocycles. The number of aliphatic hydroxyl groups is 1. The van der Waals surface area contributed by atoms with E-state index in [-0.39, 0.29) is 33.7 Å². The minimum Gasteiger partial charge on any atom is -0.395 e. The van der Waals surface area contributed by atoms with Crippen LogP contribution in [-0.2, 0) is 14.3 Å². The fraction of sp³-hybridized carbons (Fsp3) is 0.350. The fourth-order valence-electron chi connectivity index (χ4n) is 2.57. The first-order valence-corrected chi connectivity index (χ1v) is 11.2. The van der Waals surface area contributed by atoms with E-state index < -0.39 is 35.0 Å². The van der Waals surface area contributed by atoms with Crippen molar-refractivity contribution in [3.63, 3.8) is 0 Å². The lowest BCUT2D eigenvalue weighted by molar-refractivity contribution is 0.0949. The molecule has 0 aromatic heterocycles. The summed E-state index contributed by atoms with van der Waals surface area (Å²) in [5.74, 6) is -1.21. The molecule has 7 nitrogen and oxygen atoms in total. The van der Waals surface area contributed by atoms with Crippen LogP contribution in [-0.4, -0.2) is 45.1 Å². The van der Waals surface area contributed by atoms with Gasteiger partial charge in [-0.1, -0.05) is 31.5 Å². The van der Waals surface area contributed by atoms with Crippen LogP contribution in [0.3, 0.4) is 0 Å². The number of halogens is 2. The molecular formula is C20H24ClFN2O5S. The van der Waals surface area contributed by atoms with Crippen LogP contribution < -0.4 is 10.6 Å². The van der Waals surface area contributed by atoms with Crippen LogP contribution in [0.2, 0.25) is 5.02 Å². The van der Waals surface area contributed by atoms with Crippen molar-refractivity contribution in [3.8, 4) is 11.1 Å². The van der Waals surface area contributed by atoms with E-state index in [0.717, 1.165) is 0 Å². The number of carbonyl (C=O) groups excluding carboxylic acids is 1. The lowest BCUT2D eigenvalue weighted by atomic mass is 10.00. The average molecular weight is 459 g/mol. The zero-order valence-electron chi connectivity index (χ0n) is 16.6. The molecule has 1 amide bonds. The van der Waals surface area contributed by atoms with Gasteiger partial charge in [0.15, 0.2) is 0 Å². The maximum absolute atomic E-state index is 14.7. The maximum atomic E-state index is 14.7. The number of anilines is 1. The summed E-state index contributed by atoms with van der Waals surface area (Å²) >= 11 is 6.27. The van der Waals surface area contributed by atoms with E-state index in [2.05, 4.69) is 10.6 Å². The van der Waals surface area contributed by atoms with Crippen LogP contribution in [0.15, 0.2) is 36.4 Å². The molecule has 2 aromatic carbocycles. The van der Waals surface area contributed by atoms with Crippen LogP contribution in [0, 0.1) is 11.7 Å². The Labute approximate surface area is 180 Å². The number of amides is 1. The second-order valence-corrected chi connectivity index (χ2v) is 9.05. The lowest BCUT2D eigenvalue weighted by Crippen LogP contribution is -2.27. The average Bonchev–Trinajstić information content (AvgIpc) is 2.67. The zero-order valence-corrected chi connectivity index (χ0v) is 18.2. The van der Waals surface area contributed by atoms with Crippen molar-refractivity contribution in [3.05, 3.63) is 52.8 Å². The highest BCUT2D eigenvalue weighted by Gasteiger charge is 2.17. The SMILES string of the molecule is CC(C)CNC(=O)c1ccc(Cl)c(-c2c(F)cccc2NCOS(=O)(=O)CCO)c1. The molecule has 3 N–H and O–H groups in total. The second kappa shape index (κ2) is 10.7. The minimum atomic E-state index is -3.91. The van der Waals surface area contributed by atoms with Gasteiger partial charge in [-0.2, -0.15) is 8.42 Å². The summed E-state index contributed by atoms with van der Waals surface area (Å²) in [5.41, 5.74) is 0.888. The predicted molar refractivity (Wildman–Crippen MR) is 114 cm³/mol. The van der Waals surface area contributed by atoms with Crippen molar-refractivity contribution in [1.82, 2.24) is 5.32 Å². The molecule has 0 aliphatic rings. The van der Waals surface area contributed by atoms with Crippen molar-refractivity contribution in [1.29, 1.82) is 0 Å². The molecular weight excluding hydrogens is 435 g/mol. The Hall–Kier alpha value is -2.20. The highest BCUT2D eigenvalue weighted by molar-refractivity contribution is 7.86. The highest BCUT2D eigenvalue weighted by Crippen LogP contribution is 2.36. The molecule has 0 unspecified atom stereocenters. The summed E-state index contributed by atoms with van der Waals surface area (Å²) in [5, 5.41) is 14.5. The molecule has 2 aromatic rings. The van der Waals surface area contributed by atoms with Gasteiger partial charge in [0.2, 0.25) is 0 Å². The number of nitrogens with one attached hydrogen (secondary N) is 2. The van der Waals surface area contributed by atoms with Gasteiger partial charge in [0.25, 0.3) is 16.0 Å². The summed E-state index contributed by atoms with van der Waals surface area (Å²) in [6.07, 6.45) is 0. The second-order valence-electron chi connectivity index (χ2n) is 6.89. The van der Waals surface area contributed by atoms with Crippen LogP contribution in [0.25, 0.3) is 11.1 Å². The van der Waals surface area contributed by atoms with E-state index in [4.69, 9.17) is 20.9 Å². The normalized spacial score (nSPS) is 11.5. The molecule has 0 atom stereocenters. The Morgan fingerprint density at radius 1 is 1.27 bits per heavy atom. The standard InChI is InChI=1S/C20H24ClFN2O5S/c1-13(2)11-23-20(26)14-6-7-16(21)15(10-14)19-17(22)4-3-5-18(19)24-12-29-30(27,28)9-8-25/h3-7,10,13,24-25H,8-9,11-12H2,1-2H3,(H,23,26). The minimum absolute atomic E-state index is 0.0733. The van der Waals surface area contributed by atoms with Crippen LogP contribution in [0.4, 0.5) is 10.1 Å². The summed E-state index contributed by atoms with van der Waals surface area (Å²) in [6.45, 7) is 3.38. The third-order valence-electron chi connectivity index (χ3n) is 4.02. The molecule has 0 aliphatic heterocycles. The van der Waals surface area contributed by atoms with Gasteiger partial charge in [0.1, 0.15) is 12.5 Å². The van der Waals surface area contributed by atoms with Gasteiger partial charge in [-0.3, -0.25) is 4.79 Å². The lowest BCUT2D eigenvalue weighted by Gasteiger charge is -2.15. The van der Waals surface area contributed by atoms with E-state index in [1.54, 1.807) is 6.07 Å². The summed E-state index contributed by atoms with van der Waals surface area (Å²) in [7, 11) is -3.91. The third-order valence-corrected chi connectivity index (χ3v) is 5.51. The number of hydrogen-bond acceptors (Lipinski definition) is 6. The Bertz CT molecular complexity index is 999. The van der Waals surface area contributed by atoms with E-state index in [0.29, 0.717) is 12.1 Å². The van der Waals surface area contributed by atoms with Gasteiger partial charge in [0, 0.05) is 33.9 Å². The van der Waals surface area contributed by atoms with E-state index >= 15 is 0 Å². The highest BCUT2D eigenvalue weighted by atomic mass is 35.5. The molecule has 2 rings (SSSR count). The van der Waals surface area contributed by atoms with Crippen molar-refractivity contribution in [2.24, 2.45) is 5.92 Å². The molecule has 30 heavy (non-hydrogen) atoms. The predicted octanol–water partition coefficient (Wildman–Crippen LogP) is 3.24. The van der Waals surface area contributed by atoms with E-state index in [1.165, 1.54) is 30.3 Å². The maximum Gasteiger partial charge on any atom is 0.271 e. The number of carbonyl (C=O) groups is 1. The first kappa shape index (κ1) is 24.1. The number of aliphatic hydroxyl groups excluding tert-OH is 1. The molecule has 0 spiro atoms. The molecule has 0 radical (unpaired) electrons. The topological polar surface area (TPSA) is 105 Å². The number of benzene rings is 2. The monoisotopic (exact) mass is 458 g/mol. The molecule has 10 heteroatoms. The fourth-order valence-corrected chi connectivity index (χ4v) is 3.36. The first-order chi connectivity index (χ1) is 14.1. The molecule has 0 aliphatic carbocycles. The zero-order chi connectivity index (χ0) is 22.3. The van der Waals surface area contributed by atoms with Gasteiger partial charge >= 0.3 is 0 Å². The van der Waals surface area contributed by atoms with E-state index in [9.17, 15) is 17.6 Å². The molecule has 0 bridgehead atoms. The smallest absolute Gasteiger partial charge is 0.271 e. The van der Waals surface area contributed by atoms with E-state index in [1.807, 2.05) is 13.8 Å². The van der Waals surface area contributed by atoms with Crippen molar-refractivity contribution in [2.75, 3.05) is 31.0 Å². The summed E-state index contributed by atoms with van der Waals surface area (Å²) in [6, 6.07) is 8.72. The molecule has 0 fully saturated rings. The third kappa shape index (κ3) is 6.66. The summed E-state index contributed by atoms with van der Waals surface area (Å²) in [4.78, 5) is 12.4. The Kier molecular flexibility index (Phi) is 8.60. The van der Waals surface area contributed by atoms with Gasteiger partial charge in [-0.05, 0) is 36.2 Å². The van der Waals surface area contributed by atoms with Crippen LogP contribution in [0.1, 0.15) is 24.2 Å². The molecule has 0 heterocycles. The molecule has 164 valence electrons. The Morgan fingerprint density at radius 2 is 2.00 bits per heavy atom. The van der Waals surface area contributed by atoms with Gasteiger partial charge in [-0.25, -0.2) is 8.57 Å². The van der Waals surface area contributed by atoms with Gasteiger partial charge < -0.3 is 15.7 Å². The number of hydrogen-bond donors (Lipinski definition) is 3. The van der Waals surface area contributed by atoms with Gasteiger partial charge in [0.05, 0.1) is 12.4 Å². The van der Waals surface area contributed by atoms with Crippen LogP contribution >= 0.6 is 11.6 Å². The van der Waals surface area contributed by atoms with Crippen molar-refractivity contribution in [2.45, 2.75) is 13.8 Å². The quantitative estimate of drug-likeness (QED) is 0.373. The molecule has 0 saturated carbocycles.